The number of hydrogen-bond donors (Lipinski definition) is 1. The monoisotopic (exact) mass is 397 g/mol. The molecule has 1 saturated carbocycles. The molecule has 6 nitrogen and oxygen atoms in total. The summed E-state index contributed by atoms with van der Waals surface area (Å²) in [4.78, 5) is 26.0. The van der Waals surface area contributed by atoms with E-state index in [4.69, 9.17) is 9.97 Å². The third kappa shape index (κ3) is 4.33. The molecule has 4 rings (SSSR count). The Morgan fingerprint density at radius 2 is 2.00 bits per heavy atom. The topological polar surface area (TPSA) is 61.4 Å². The van der Waals surface area contributed by atoms with Crippen LogP contribution in [0.2, 0.25) is 0 Å². The molecule has 1 aliphatic heterocycles. The van der Waals surface area contributed by atoms with Crippen LogP contribution in [0.15, 0.2) is 24.3 Å². The molecule has 1 aliphatic carbocycles. The average Bonchev–Trinajstić information content (AvgIpc) is 2.73. The van der Waals surface area contributed by atoms with Gasteiger partial charge in [0.15, 0.2) is 5.82 Å². The fourth-order valence-corrected chi connectivity index (χ4v) is 4.21. The highest BCUT2D eigenvalue weighted by atomic mass is 19.1. The van der Waals surface area contributed by atoms with Gasteiger partial charge in [-0.25, -0.2) is 19.2 Å². The van der Waals surface area contributed by atoms with Crippen LogP contribution in [-0.4, -0.2) is 47.6 Å². The van der Waals surface area contributed by atoms with Crippen molar-refractivity contribution >= 4 is 11.8 Å². The number of aromatic nitrogens is 2. The summed E-state index contributed by atoms with van der Waals surface area (Å²) in [7, 11) is 3.86. The molecule has 0 unspecified atom stereocenters. The molecule has 2 aromatic rings. The van der Waals surface area contributed by atoms with Crippen molar-refractivity contribution in [1.29, 1.82) is 0 Å². The molecular formula is C22H28FN5O. The first kappa shape index (κ1) is 19.6. The van der Waals surface area contributed by atoms with Gasteiger partial charge in [-0.15, -0.1) is 0 Å². The second kappa shape index (κ2) is 8.35. The number of nitrogens with zero attached hydrogens (tertiary/aromatic N) is 4. The Labute approximate surface area is 171 Å². The van der Waals surface area contributed by atoms with Gasteiger partial charge in [0.1, 0.15) is 11.6 Å². The van der Waals surface area contributed by atoms with E-state index in [1.807, 2.05) is 30.0 Å². The van der Waals surface area contributed by atoms with Crippen molar-refractivity contribution in [2.45, 2.75) is 51.1 Å². The average molecular weight is 397 g/mol. The Hall–Kier alpha value is -2.70. The lowest BCUT2D eigenvalue weighted by Gasteiger charge is -2.33. The third-order valence-electron chi connectivity index (χ3n) is 5.76. The minimum atomic E-state index is -0.305. The Morgan fingerprint density at radius 1 is 1.21 bits per heavy atom. The molecule has 7 heteroatoms. The summed E-state index contributed by atoms with van der Waals surface area (Å²) in [5.41, 5.74) is 2.57. The second-order valence-corrected chi connectivity index (χ2v) is 8.16. The molecule has 0 atom stereocenters. The Balaban J connectivity index is 1.58. The molecule has 2 heterocycles. The molecule has 1 N–H and O–H groups in total. The van der Waals surface area contributed by atoms with Crippen molar-refractivity contribution in [1.82, 2.24) is 20.2 Å². The summed E-state index contributed by atoms with van der Waals surface area (Å²) < 4.78 is 13.7. The van der Waals surface area contributed by atoms with Gasteiger partial charge in [0, 0.05) is 44.2 Å². The Bertz CT molecular complexity index is 895. The predicted octanol–water partition coefficient (Wildman–Crippen LogP) is 3.75. The molecule has 0 saturated heterocycles. The van der Waals surface area contributed by atoms with Gasteiger partial charge in [0.05, 0.1) is 12.2 Å². The van der Waals surface area contributed by atoms with Crippen LogP contribution in [-0.2, 0) is 13.0 Å². The van der Waals surface area contributed by atoms with E-state index in [2.05, 4.69) is 5.32 Å². The molecule has 1 fully saturated rings. The van der Waals surface area contributed by atoms with E-state index in [-0.39, 0.29) is 17.9 Å². The first-order valence-electron chi connectivity index (χ1n) is 10.4. The summed E-state index contributed by atoms with van der Waals surface area (Å²) >= 11 is 0. The van der Waals surface area contributed by atoms with E-state index >= 15 is 0 Å². The van der Waals surface area contributed by atoms with Gasteiger partial charge in [-0.2, -0.15) is 0 Å². The maximum absolute atomic E-state index is 13.7. The molecule has 0 radical (unpaired) electrons. The number of anilines is 1. The van der Waals surface area contributed by atoms with Crippen molar-refractivity contribution in [3.05, 3.63) is 41.3 Å². The van der Waals surface area contributed by atoms with Gasteiger partial charge in [-0.3, -0.25) is 0 Å². The minimum Gasteiger partial charge on any atom is -0.362 e. The number of rotatable bonds is 3. The maximum Gasteiger partial charge on any atom is 0.317 e. The number of hydrogen-bond acceptors (Lipinski definition) is 4. The van der Waals surface area contributed by atoms with Crippen LogP contribution in [0, 0.1) is 5.82 Å². The zero-order valence-electron chi connectivity index (χ0n) is 17.1. The first-order valence-corrected chi connectivity index (χ1v) is 10.4. The van der Waals surface area contributed by atoms with Crippen molar-refractivity contribution in [3.63, 3.8) is 0 Å². The smallest absolute Gasteiger partial charge is 0.317 e. The summed E-state index contributed by atoms with van der Waals surface area (Å²) in [6.45, 7) is 1.11. The predicted molar refractivity (Wildman–Crippen MR) is 111 cm³/mol. The van der Waals surface area contributed by atoms with E-state index in [0.29, 0.717) is 30.9 Å². The molecule has 1 aromatic carbocycles. The summed E-state index contributed by atoms with van der Waals surface area (Å²) in [6, 6.07) is 6.64. The molecule has 0 spiro atoms. The second-order valence-electron chi connectivity index (χ2n) is 8.16. The lowest BCUT2D eigenvalue weighted by Crippen LogP contribution is -2.47. The molecule has 0 bridgehead atoms. The number of carbonyl (C=O) groups is 1. The van der Waals surface area contributed by atoms with Gasteiger partial charge in [0.2, 0.25) is 0 Å². The molecule has 29 heavy (non-hydrogen) atoms. The highest BCUT2D eigenvalue weighted by Gasteiger charge is 2.28. The van der Waals surface area contributed by atoms with Crippen LogP contribution < -0.4 is 10.2 Å². The summed E-state index contributed by atoms with van der Waals surface area (Å²) in [5.74, 6) is 0.997. The quantitative estimate of drug-likeness (QED) is 0.857. The number of urea groups is 1. The van der Waals surface area contributed by atoms with E-state index in [9.17, 15) is 9.18 Å². The standard InChI is InChI=1S/C22H28FN5O/c1-27(2)21-18-14-28(22(29)24-17-9-4-3-5-10-17)12-11-19(18)25-20(26-21)15-7-6-8-16(23)13-15/h6-8,13,17H,3-5,9-12,14H2,1-2H3,(H,24,29). The zero-order valence-corrected chi connectivity index (χ0v) is 17.1. The number of nitrogens with one attached hydrogen (secondary N) is 1. The van der Waals surface area contributed by atoms with Crippen LogP contribution in [0.3, 0.4) is 0 Å². The third-order valence-corrected chi connectivity index (χ3v) is 5.76. The number of carbonyl (C=O) groups excluding carboxylic acids is 1. The van der Waals surface area contributed by atoms with Crippen LogP contribution in [0.1, 0.15) is 43.4 Å². The molecule has 2 aliphatic rings. The van der Waals surface area contributed by atoms with Crippen molar-refractivity contribution in [2.75, 3.05) is 25.5 Å². The molecule has 2 amide bonds. The summed E-state index contributed by atoms with van der Waals surface area (Å²) in [5, 5.41) is 3.20. The number of halogens is 1. The van der Waals surface area contributed by atoms with Gasteiger partial charge >= 0.3 is 6.03 Å². The van der Waals surface area contributed by atoms with Gasteiger partial charge in [0.25, 0.3) is 0 Å². The van der Waals surface area contributed by atoms with Crippen LogP contribution in [0.25, 0.3) is 11.4 Å². The van der Waals surface area contributed by atoms with Gasteiger partial charge in [-0.05, 0) is 25.0 Å². The largest absolute Gasteiger partial charge is 0.362 e. The van der Waals surface area contributed by atoms with Gasteiger partial charge < -0.3 is 15.1 Å². The fraction of sp³-hybridized carbons (Fsp3) is 0.500. The first-order chi connectivity index (χ1) is 14.0. The number of benzene rings is 1. The lowest BCUT2D eigenvalue weighted by atomic mass is 9.95. The molecular weight excluding hydrogens is 369 g/mol. The van der Waals surface area contributed by atoms with Crippen molar-refractivity contribution in [3.8, 4) is 11.4 Å². The van der Waals surface area contributed by atoms with Crippen LogP contribution in [0.5, 0.6) is 0 Å². The van der Waals surface area contributed by atoms with Crippen LogP contribution >= 0.6 is 0 Å². The van der Waals surface area contributed by atoms with E-state index in [1.54, 1.807) is 6.07 Å². The van der Waals surface area contributed by atoms with Crippen molar-refractivity contribution < 1.29 is 9.18 Å². The number of fused-ring (bicyclic) bond motifs is 1. The summed E-state index contributed by atoms with van der Waals surface area (Å²) in [6.07, 6.45) is 6.45. The lowest BCUT2D eigenvalue weighted by molar-refractivity contribution is 0.184. The Morgan fingerprint density at radius 3 is 2.72 bits per heavy atom. The molecule has 154 valence electrons. The zero-order chi connectivity index (χ0) is 20.4. The van der Waals surface area contributed by atoms with E-state index in [1.165, 1.54) is 31.4 Å². The van der Waals surface area contributed by atoms with Crippen molar-refractivity contribution in [2.24, 2.45) is 0 Å². The van der Waals surface area contributed by atoms with Gasteiger partial charge in [-0.1, -0.05) is 31.4 Å². The van der Waals surface area contributed by atoms with E-state index in [0.717, 1.165) is 29.9 Å². The Kier molecular flexibility index (Phi) is 5.65. The minimum absolute atomic E-state index is 0.00135. The maximum atomic E-state index is 13.7. The SMILES string of the molecule is CN(C)c1nc(-c2cccc(F)c2)nc2c1CN(C(=O)NC1CCCCC1)CC2. The normalized spacial score (nSPS) is 17.0. The molecule has 1 aromatic heterocycles. The van der Waals surface area contributed by atoms with Crippen LogP contribution in [0.4, 0.5) is 15.0 Å². The number of amides is 2. The highest BCUT2D eigenvalue weighted by molar-refractivity contribution is 5.75. The fourth-order valence-electron chi connectivity index (χ4n) is 4.21. The van der Waals surface area contributed by atoms with E-state index < -0.39 is 0 Å². The highest BCUT2D eigenvalue weighted by Crippen LogP contribution is 2.29.